The Morgan fingerprint density at radius 3 is 2.89 bits per heavy atom. The Hall–Kier alpha value is -2.50. The van der Waals surface area contributed by atoms with Crippen LogP contribution in [0.4, 0.5) is 0 Å². The van der Waals surface area contributed by atoms with Crippen molar-refractivity contribution in [2.24, 2.45) is 0 Å². The highest BCUT2D eigenvalue weighted by Crippen LogP contribution is 2.28. The van der Waals surface area contributed by atoms with Gasteiger partial charge in [-0.05, 0) is 18.6 Å². The highest BCUT2D eigenvalue weighted by Gasteiger charge is 2.19. The van der Waals surface area contributed by atoms with Crippen molar-refractivity contribution in [1.82, 2.24) is 15.3 Å². The summed E-state index contributed by atoms with van der Waals surface area (Å²) in [5.74, 6) is -0.555. The number of phenols is 2. The standard InChI is InChI=1S/C13H15N3O3/c1-2-9(12-14-6-7-15-12)16-13(19)8-4-3-5-10(17)11(8)18/h3-7,9,17-18H,2H2,1H3,(H,14,15)(H,16,19). The number of nitrogens with one attached hydrogen (secondary N) is 2. The lowest BCUT2D eigenvalue weighted by Gasteiger charge is -2.15. The highest BCUT2D eigenvalue weighted by atomic mass is 16.3. The highest BCUT2D eigenvalue weighted by molar-refractivity contribution is 5.97. The molecule has 1 heterocycles. The van der Waals surface area contributed by atoms with Crippen LogP contribution < -0.4 is 5.32 Å². The average molecular weight is 261 g/mol. The number of imidazole rings is 1. The number of aromatic hydroxyl groups is 2. The normalized spacial score (nSPS) is 12.1. The van der Waals surface area contributed by atoms with Gasteiger partial charge in [0.05, 0.1) is 11.6 Å². The third-order valence-electron chi connectivity index (χ3n) is 2.82. The van der Waals surface area contributed by atoms with E-state index in [0.717, 1.165) is 0 Å². The molecule has 6 heteroatoms. The molecule has 0 saturated heterocycles. The van der Waals surface area contributed by atoms with Gasteiger partial charge < -0.3 is 20.5 Å². The van der Waals surface area contributed by atoms with E-state index < -0.39 is 11.7 Å². The van der Waals surface area contributed by atoms with Gasteiger partial charge in [0.15, 0.2) is 11.5 Å². The topological polar surface area (TPSA) is 98.2 Å². The molecule has 1 aromatic heterocycles. The number of nitrogens with zero attached hydrogens (tertiary/aromatic N) is 1. The van der Waals surface area contributed by atoms with Crippen LogP contribution in [0.15, 0.2) is 30.6 Å². The van der Waals surface area contributed by atoms with Crippen LogP contribution in [0.25, 0.3) is 0 Å². The molecule has 0 radical (unpaired) electrons. The Balaban J connectivity index is 2.18. The van der Waals surface area contributed by atoms with Crippen molar-refractivity contribution >= 4 is 5.91 Å². The van der Waals surface area contributed by atoms with Gasteiger partial charge in [-0.2, -0.15) is 0 Å². The van der Waals surface area contributed by atoms with Crippen LogP contribution in [0.5, 0.6) is 11.5 Å². The van der Waals surface area contributed by atoms with E-state index in [9.17, 15) is 15.0 Å². The van der Waals surface area contributed by atoms with Crippen LogP contribution in [0, 0.1) is 0 Å². The van der Waals surface area contributed by atoms with E-state index in [1.165, 1.54) is 18.2 Å². The third-order valence-corrected chi connectivity index (χ3v) is 2.82. The van der Waals surface area contributed by atoms with Crippen molar-refractivity contribution in [2.45, 2.75) is 19.4 Å². The molecule has 0 aliphatic heterocycles. The summed E-state index contributed by atoms with van der Waals surface area (Å²) in [7, 11) is 0. The van der Waals surface area contributed by atoms with Crippen LogP contribution in [-0.2, 0) is 0 Å². The first-order valence-corrected chi connectivity index (χ1v) is 5.94. The van der Waals surface area contributed by atoms with Crippen molar-refractivity contribution < 1.29 is 15.0 Å². The molecule has 0 aliphatic carbocycles. The molecule has 6 nitrogen and oxygen atoms in total. The molecule has 1 atom stereocenters. The average Bonchev–Trinajstić information content (AvgIpc) is 2.92. The molecule has 0 spiro atoms. The number of aromatic amines is 1. The van der Waals surface area contributed by atoms with Crippen molar-refractivity contribution in [3.63, 3.8) is 0 Å². The number of aromatic nitrogens is 2. The van der Waals surface area contributed by atoms with Crippen LogP contribution in [0.1, 0.15) is 35.6 Å². The zero-order valence-electron chi connectivity index (χ0n) is 10.4. The van der Waals surface area contributed by atoms with Crippen molar-refractivity contribution in [1.29, 1.82) is 0 Å². The maximum Gasteiger partial charge on any atom is 0.255 e. The fourth-order valence-electron chi connectivity index (χ4n) is 1.78. The van der Waals surface area contributed by atoms with Gasteiger partial charge in [0, 0.05) is 12.4 Å². The molecule has 0 bridgehead atoms. The molecule has 1 unspecified atom stereocenters. The number of amides is 1. The summed E-state index contributed by atoms with van der Waals surface area (Å²) in [4.78, 5) is 19.1. The number of hydrogen-bond donors (Lipinski definition) is 4. The smallest absolute Gasteiger partial charge is 0.255 e. The molecule has 2 rings (SSSR count). The van der Waals surface area contributed by atoms with Gasteiger partial charge in [0.2, 0.25) is 0 Å². The molecule has 1 aromatic carbocycles. The van der Waals surface area contributed by atoms with Crippen molar-refractivity contribution in [2.75, 3.05) is 0 Å². The maximum atomic E-state index is 12.1. The lowest BCUT2D eigenvalue weighted by atomic mass is 10.1. The van der Waals surface area contributed by atoms with E-state index in [4.69, 9.17) is 0 Å². The number of para-hydroxylation sites is 1. The van der Waals surface area contributed by atoms with E-state index in [-0.39, 0.29) is 17.4 Å². The van der Waals surface area contributed by atoms with Crippen LogP contribution in [-0.4, -0.2) is 26.1 Å². The van der Waals surface area contributed by atoms with Gasteiger partial charge in [0.1, 0.15) is 5.82 Å². The largest absolute Gasteiger partial charge is 0.504 e. The first-order valence-electron chi connectivity index (χ1n) is 5.94. The Morgan fingerprint density at radius 2 is 2.26 bits per heavy atom. The molecule has 0 fully saturated rings. The molecular formula is C13H15N3O3. The van der Waals surface area contributed by atoms with Crippen LogP contribution in [0.2, 0.25) is 0 Å². The number of benzene rings is 1. The van der Waals surface area contributed by atoms with E-state index in [1.807, 2.05) is 6.92 Å². The first-order chi connectivity index (χ1) is 9.13. The molecule has 4 N–H and O–H groups in total. The van der Waals surface area contributed by atoms with Gasteiger partial charge >= 0.3 is 0 Å². The summed E-state index contributed by atoms with van der Waals surface area (Å²) in [5, 5.41) is 21.8. The summed E-state index contributed by atoms with van der Waals surface area (Å²) in [5.41, 5.74) is 0.0324. The number of phenolic OH excluding ortho intramolecular Hbond substituents is 2. The van der Waals surface area contributed by atoms with Gasteiger partial charge in [-0.3, -0.25) is 4.79 Å². The summed E-state index contributed by atoms with van der Waals surface area (Å²) < 4.78 is 0. The van der Waals surface area contributed by atoms with Crippen LogP contribution >= 0.6 is 0 Å². The zero-order chi connectivity index (χ0) is 13.8. The number of hydrogen-bond acceptors (Lipinski definition) is 4. The summed E-state index contributed by atoms with van der Waals surface area (Å²) in [6, 6.07) is 3.98. The lowest BCUT2D eigenvalue weighted by Crippen LogP contribution is -2.28. The molecule has 19 heavy (non-hydrogen) atoms. The Labute approximate surface area is 110 Å². The van der Waals surface area contributed by atoms with E-state index in [0.29, 0.717) is 12.2 Å². The maximum absolute atomic E-state index is 12.1. The van der Waals surface area contributed by atoms with Gasteiger partial charge in [0.25, 0.3) is 5.91 Å². The minimum Gasteiger partial charge on any atom is -0.504 e. The molecule has 100 valence electrons. The molecule has 1 amide bonds. The Morgan fingerprint density at radius 1 is 1.47 bits per heavy atom. The van der Waals surface area contributed by atoms with Gasteiger partial charge in [-0.25, -0.2) is 4.98 Å². The van der Waals surface area contributed by atoms with Gasteiger partial charge in [-0.1, -0.05) is 13.0 Å². The summed E-state index contributed by atoms with van der Waals surface area (Å²) in [6.07, 6.45) is 3.94. The van der Waals surface area contributed by atoms with Crippen molar-refractivity contribution in [3.05, 3.63) is 42.0 Å². The van der Waals surface area contributed by atoms with E-state index >= 15 is 0 Å². The second kappa shape index (κ2) is 5.43. The third kappa shape index (κ3) is 2.67. The fourth-order valence-corrected chi connectivity index (χ4v) is 1.78. The lowest BCUT2D eigenvalue weighted by molar-refractivity contribution is 0.0930. The predicted molar refractivity (Wildman–Crippen MR) is 68.9 cm³/mol. The first kappa shape index (κ1) is 12.9. The zero-order valence-corrected chi connectivity index (χ0v) is 10.4. The van der Waals surface area contributed by atoms with Crippen LogP contribution in [0.3, 0.4) is 0 Å². The van der Waals surface area contributed by atoms with E-state index in [2.05, 4.69) is 15.3 Å². The second-order valence-corrected chi connectivity index (χ2v) is 4.08. The summed E-state index contributed by atoms with van der Waals surface area (Å²) in [6.45, 7) is 1.91. The monoisotopic (exact) mass is 261 g/mol. The Bertz CT molecular complexity index is 567. The minimum absolute atomic E-state index is 0.0324. The molecular weight excluding hydrogens is 246 g/mol. The number of carbonyl (C=O) groups excluding carboxylic acids is 1. The van der Waals surface area contributed by atoms with Crippen molar-refractivity contribution in [3.8, 4) is 11.5 Å². The molecule has 0 saturated carbocycles. The quantitative estimate of drug-likeness (QED) is 0.629. The number of H-pyrrole nitrogens is 1. The number of carbonyl (C=O) groups is 1. The SMILES string of the molecule is CCC(NC(=O)c1cccc(O)c1O)c1ncc[nH]1. The fraction of sp³-hybridized carbons (Fsp3) is 0.231. The minimum atomic E-state index is -0.461. The van der Waals surface area contributed by atoms with Gasteiger partial charge in [-0.15, -0.1) is 0 Å². The van der Waals surface area contributed by atoms with E-state index in [1.54, 1.807) is 12.4 Å². The molecule has 2 aromatic rings. The molecule has 0 aliphatic rings. The predicted octanol–water partition coefficient (Wildman–Crippen LogP) is 1.70. The number of rotatable bonds is 4. The Kier molecular flexibility index (Phi) is 3.70. The summed E-state index contributed by atoms with van der Waals surface area (Å²) >= 11 is 0. The second-order valence-electron chi connectivity index (χ2n) is 4.08.